The van der Waals surface area contributed by atoms with Crippen molar-refractivity contribution >= 4 is 66.0 Å². The van der Waals surface area contributed by atoms with E-state index in [9.17, 15) is 39.6 Å². The van der Waals surface area contributed by atoms with Crippen LogP contribution in [0.3, 0.4) is 0 Å². The number of primary amides is 1. The molecule has 0 saturated heterocycles. The predicted octanol–water partition coefficient (Wildman–Crippen LogP) is 7.50. The fourth-order valence-electron chi connectivity index (χ4n) is 15.6. The number of carbonyl (C=O) groups is 6. The highest BCUT2D eigenvalue weighted by Crippen LogP contribution is 2.79. The molecule has 21 nitrogen and oxygen atoms in total. The molecule has 7 aliphatic rings. The molecule has 12 rings (SSSR count). The summed E-state index contributed by atoms with van der Waals surface area (Å²) in [6.45, 7) is 12.6. The zero-order valence-corrected chi connectivity index (χ0v) is 54.0. The minimum absolute atomic E-state index is 0.0354. The first-order chi connectivity index (χ1) is 41.7. The Morgan fingerprint density at radius 2 is 1.43 bits per heavy atom. The molecule has 3 aromatic carbocycles. The van der Waals surface area contributed by atoms with E-state index in [0.717, 1.165) is 22.4 Å². The highest BCUT2D eigenvalue weighted by molar-refractivity contribution is 6.74. The van der Waals surface area contributed by atoms with E-state index in [1.165, 1.54) is 11.0 Å². The number of aromatic hydroxyl groups is 1. The highest BCUT2D eigenvalue weighted by Gasteiger charge is 2.87. The Morgan fingerprint density at radius 1 is 0.787 bits per heavy atom. The molecule has 3 fully saturated rings. The molecule has 89 heavy (non-hydrogen) atoms. The summed E-state index contributed by atoms with van der Waals surface area (Å²) in [7, 11) is 11.8. The standard InChI is InChI=1S/C38H47N3O6Si.C29H33N5O7/c1-22-16-17-26(40(5)6)24-18-36-19-25-29(41(7)8)30-28(33(39-46-30)45-20-23-14-12-11-13-15-23)32(43)38(25,47-48(9,10)35(2,3)4)34(44)37(36,21-36)31(42)27(22)24;1-33(2)17-7-8-18(35)19-15(17)10-28(13-32-14-6-5-9-31-12-14)11-16-22(34(3)4)24(37)20(27(30)40)25(38)29(16,41)26(39)21(28)23(19)36/h11-17,25,29H,18-21H2,1-10H3;5-9,12,16,22,32,35-36,38,41H,10-11,13H2,1-4H3,(H2,30,40)/t25-,29-,36-,37+,38+;16-,22-,28-,29+/m00/s1. The van der Waals surface area contributed by atoms with Gasteiger partial charge >= 0.3 is 0 Å². The molecule has 7 N–H and O–H groups in total. The van der Waals surface area contributed by atoms with Gasteiger partial charge in [0.15, 0.2) is 42.6 Å². The second-order valence-electron chi connectivity index (χ2n) is 27.9. The molecule has 7 aliphatic carbocycles. The molecule has 470 valence electrons. The number of aromatic nitrogens is 2. The lowest BCUT2D eigenvalue weighted by Crippen LogP contribution is -2.70. The van der Waals surface area contributed by atoms with Gasteiger partial charge in [-0.1, -0.05) is 57.2 Å². The monoisotopic (exact) mass is 1230 g/mol. The quantitative estimate of drug-likeness (QED) is 0.0378. The number of Topliss-reactive ketones (excluding diaryl/α,β-unsaturated/α-hetero) is 5. The van der Waals surface area contributed by atoms with Gasteiger partial charge in [0.1, 0.15) is 40.4 Å². The highest BCUT2D eigenvalue weighted by atomic mass is 28.4. The number of likely N-dealkylation sites (N-methyl/N-ethyl adjacent to an activating group) is 1. The summed E-state index contributed by atoms with van der Waals surface area (Å²) in [5.41, 5.74) is 2.97. The number of ether oxygens (including phenoxy) is 1. The Kier molecular flexibility index (Phi) is 15.0. The number of benzene rings is 3. The molecule has 2 heterocycles. The third-order valence-corrected chi connectivity index (χ3v) is 25.3. The smallest absolute Gasteiger partial charge is 0.265 e. The van der Waals surface area contributed by atoms with E-state index in [4.69, 9.17) is 19.4 Å². The number of rotatable bonds is 13. The Labute approximate surface area is 518 Å². The van der Waals surface area contributed by atoms with Crippen LogP contribution in [0.1, 0.15) is 100 Å². The van der Waals surface area contributed by atoms with E-state index in [-0.39, 0.29) is 70.9 Å². The maximum Gasteiger partial charge on any atom is 0.265 e. The maximum atomic E-state index is 15.8. The number of phenols is 1. The number of phenolic OH excluding ortho intramolecular Hbond substituents is 1. The van der Waals surface area contributed by atoms with Crippen molar-refractivity contribution in [1.29, 1.82) is 0 Å². The van der Waals surface area contributed by atoms with Crippen molar-refractivity contribution in [2.45, 2.75) is 108 Å². The van der Waals surface area contributed by atoms with Gasteiger partial charge in [-0.25, -0.2) is 0 Å². The molecule has 0 bridgehead atoms. The number of hydrogen-bond donors (Lipinski definition) is 6. The number of anilines is 3. The SMILES string of the molecule is CN(C)c1ccc(O)c2c1C[C@@]1(CNc3cccnc3)C[C@H]3[C@H](N(C)C)C(=O)C(C(N)=O)=C(O)[C@@]3(O)C(=O)C1=C2O.Cc1ccc(N(C)C)c2c1C(=O)[C@@]13C[C@]1(C2)C[C@H]1[C@H](N(C)C)c2onc(OCc4ccccc4)c2C(=O)[C@@]1(O[Si](C)(C)C(C)(C)C)C3=O. The van der Waals surface area contributed by atoms with Crippen LogP contribution in [-0.2, 0) is 43.1 Å². The fraction of sp³-hybridized carbons (Fsp3) is 0.463. The number of pyridine rings is 1. The van der Waals surface area contributed by atoms with Gasteiger partial charge in [0.2, 0.25) is 11.6 Å². The molecule has 0 radical (unpaired) electrons. The summed E-state index contributed by atoms with van der Waals surface area (Å²) in [6.07, 6.45) is 4.73. The average molecular weight is 1230 g/mol. The summed E-state index contributed by atoms with van der Waals surface area (Å²) >= 11 is 0. The topological polar surface area (TPSA) is 292 Å². The van der Waals surface area contributed by atoms with Crippen LogP contribution in [0.2, 0.25) is 18.1 Å². The van der Waals surface area contributed by atoms with Crippen LogP contribution in [0.25, 0.3) is 5.76 Å². The van der Waals surface area contributed by atoms with Crippen molar-refractivity contribution in [3.8, 4) is 11.6 Å². The van der Waals surface area contributed by atoms with Gasteiger partial charge in [0, 0.05) is 86.9 Å². The molecule has 0 aliphatic heterocycles. The van der Waals surface area contributed by atoms with Crippen molar-refractivity contribution in [2.24, 2.45) is 33.8 Å². The number of aliphatic hydroxyl groups excluding tert-OH is 2. The van der Waals surface area contributed by atoms with Gasteiger partial charge in [0.25, 0.3) is 11.8 Å². The molecular formula is C67H80N8O13Si. The molecule has 22 heteroatoms. The van der Waals surface area contributed by atoms with Crippen LogP contribution in [0.15, 0.2) is 101 Å². The van der Waals surface area contributed by atoms with Crippen LogP contribution in [0.5, 0.6) is 11.6 Å². The van der Waals surface area contributed by atoms with Crippen LogP contribution in [-0.4, -0.2) is 164 Å². The average Bonchev–Trinajstić information content (AvgIpc) is 1.48. The molecule has 5 aromatic rings. The number of amides is 1. The minimum atomic E-state index is -2.82. The van der Waals surface area contributed by atoms with Crippen LogP contribution in [0.4, 0.5) is 17.1 Å². The van der Waals surface area contributed by atoms with Crippen LogP contribution in [0, 0.1) is 35.0 Å². The second-order valence-corrected chi connectivity index (χ2v) is 32.6. The summed E-state index contributed by atoms with van der Waals surface area (Å²) in [6, 6.07) is 18.6. The summed E-state index contributed by atoms with van der Waals surface area (Å²) < 4.78 is 19.5. The molecule has 3 saturated carbocycles. The maximum absolute atomic E-state index is 15.8. The number of aliphatic hydroxyl groups is 3. The summed E-state index contributed by atoms with van der Waals surface area (Å²) in [5.74, 6) is -7.54. The van der Waals surface area contributed by atoms with Gasteiger partial charge in [-0.3, -0.25) is 43.6 Å². The number of fused-ring (bicyclic) bond motifs is 6. The minimum Gasteiger partial charge on any atom is -0.508 e. The summed E-state index contributed by atoms with van der Waals surface area (Å²) in [5, 5.41) is 53.0. The second kappa shape index (κ2) is 21.3. The zero-order chi connectivity index (χ0) is 64.8. The molecule has 9 atom stereocenters. The van der Waals surface area contributed by atoms with Crippen molar-refractivity contribution in [2.75, 3.05) is 78.0 Å². The van der Waals surface area contributed by atoms with Gasteiger partial charge in [-0.15, -0.1) is 0 Å². The van der Waals surface area contributed by atoms with Crippen molar-refractivity contribution < 1.29 is 62.9 Å². The number of carbonyl (C=O) groups excluding carboxylic acids is 6. The van der Waals surface area contributed by atoms with Crippen molar-refractivity contribution in [3.63, 3.8) is 0 Å². The van der Waals surface area contributed by atoms with Gasteiger partial charge in [-0.2, -0.15) is 0 Å². The molecule has 0 unspecified atom stereocenters. The zero-order valence-electron chi connectivity index (χ0n) is 53.0. The van der Waals surface area contributed by atoms with Gasteiger partial charge in [0.05, 0.1) is 23.3 Å². The largest absolute Gasteiger partial charge is 0.508 e. The first kappa shape index (κ1) is 62.6. The number of nitrogens with zero attached hydrogens (tertiary/aromatic N) is 6. The fourth-order valence-corrected chi connectivity index (χ4v) is 17.1. The van der Waals surface area contributed by atoms with Gasteiger partial charge < -0.3 is 55.0 Å². The van der Waals surface area contributed by atoms with Crippen LogP contribution < -0.4 is 25.6 Å². The lowest BCUT2D eigenvalue weighted by molar-refractivity contribution is -0.157. The number of ketones is 5. The lowest BCUT2D eigenvalue weighted by Gasteiger charge is -2.56. The number of hydrogen-bond acceptors (Lipinski definition) is 20. The van der Waals surface area contributed by atoms with E-state index in [0.29, 0.717) is 47.5 Å². The molecular weight excluding hydrogens is 1150 g/mol. The normalized spacial score (nSPS) is 28.3. The molecule has 1 amide bonds. The predicted molar refractivity (Wildman–Crippen MR) is 335 cm³/mol. The van der Waals surface area contributed by atoms with Crippen LogP contribution >= 0.6 is 0 Å². The van der Waals surface area contributed by atoms with E-state index in [1.807, 2.05) is 100 Å². The van der Waals surface area contributed by atoms with E-state index >= 15 is 9.59 Å². The number of aryl methyl sites for hydroxylation is 1. The Hall–Kier alpha value is -8.02. The number of nitrogens with one attached hydrogen (secondary N) is 1. The Bertz CT molecular complexity index is 3890. The third-order valence-electron chi connectivity index (χ3n) is 20.8. The van der Waals surface area contributed by atoms with E-state index in [1.54, 1.807) is 44.7 Å². The first-order valence-corrected chi connectivity index (χ1v) is 32.9. The van der Waals surface area contributed by atoms with E-state index < -0.39 is 100 Å². The first-order valence-electron chi connectivity index (χ1n) is 30.0. The molecule has 0 spiro atoms. The summed E-state index contributed by atoms with van der Waals surface area (Å²) in [4.78, 5) is 97.8. The number of nitrogens with two attached hydrogens (primary N) is 1. The Morgan fingerprint density at radius 3 is 2.02 bits per heavy atom. The lowest BCUT2D eigenvalue weighted by atomic mass is 9.51. The molecule has 2 aromatic heterocycles. The Balaban J connectivity index is 0.000000186. The van der Waals surface area contributed by atoms with Gasteiger partial charge in [-0.05, 0) is 149 Å². The van der Waals surface area contributed by atoms with E-state index in [2.05, 4.69) is 55.4 Å². The van der Waals surface area contributed by atoms with Crippen molar-refractivity contribution in [3.05, 3.63) is 141 Å². The third kappa shape index (κ3) is 9.04. The van der Waals surface area contributed by atoms with Crippen molar-refractivity contribution in [1.82, 2.24) is 19.9 Å².